The largest absolute Gasteiger partial charge is 0.309 e. The maximum absolute atomic E-state index is 5.10. The molecule has 0 saturated carbocycles. The third-order valence-corrected chi connectivity index (χ3v) is 10.1. The number of hydrogen-bond acceptors (Lipinski definition) is 3. The minimum Gasteiger partial charge on any atom is -0.309 e. The minimum atomic E-state index is 0.627. The average molecular weight is 677 g/mol. The van der Waals surface area contributed by atoms with E-state index in [1.807, 2.05) is 12.1 Å². The first kappa shape index (κ1) is 30.6. The summed E-state index contributed by atoms with van der Waals surface area (Å²) >= 11 is 0. The number of benzene rings is 8. The monoisotopic (exact) mass is 676 g/mol. The van der Waals surface area contributed by atoms with Crippen LogP contribution < -0.4 is 0 Å². The van der Waals surface area contributed by atoms with Gasteiger partial charge in [-0.3, -0.25) is 0 Å². The summed E-state index contributed by atoms with van der Waals surface area (Å²) in [6.07, 6.45) is 0. The molecule has 0 unspecified atom stereocenters. The van der Waals surface area contributed by atoms with Gasteiger partial charge in [-0.1, -0.05) is 152 Å². The minimum absolute atomic E-state index is 0.627. The second-order valence-corrected chi connectivity index (χ2v) is 13.3. The molecule has 0 aliphatic rings. The number of para-hydroxylation sites is 1. The van der Waals surface area contributed by atoms with Crippen molar-refractivity contribution >= 4 is 32.6 Å². The molecule has 248 valence electrons. The summed E-state index contributed by atoms with van der Waals surface area (Å²) in [5.41, 5.74) is 10.8. The third kappa shape index (κ3) is 5.54. The van der Waals surface area contributed by atoms with E-state index in [0.717, 1.165) is 39.1 Å². The molecular formula is C49H32N4. The molecule has 0 radical (unpaired) electrons. The Kier molecular flexibility index (Phi) is 7.43. The Balaban J connectivity index is 1.10. The Morgan fingerprint density at radius 1 is 0.302 bits per heavy atom. The molecule has 2 heterocycles. The van der Waals surface area contributed by atoms with Gasteiger partial charge in [-0.25, -0.2) is 15.0 Å². The highest BCUT2D eigenvalue weighted by molar-refractivity contribution is 6.21. The molecule has 10 aromatic rings. The van der Waals surface area contributed by atoms with Crippen molar-refractivity contribution in [1.29, 1.82) is 0 Å². The van der Waals surface area contributed by atoms with Crippen LogP contribution in [0.3, 0.4) is 0 Å². The lowest BCUT2D eigenvalue weighted by molar-refractivity contribution is 1.07. The summed E-state index contributed by atoms with van der Waals surface area (Å²) in [5.74, 6) is 1.89. The van der Waals surface area contributed by atoms with Gasteiger partial charge in [0.2, 0.25) is 0 Å². The first-order valence-electron chi connectivity index (χ1n) is 17.9. The zero-order chi connectivity index (χ0) is 35.1. The van der Waals surface area contributed by atoms with Gasteiger partial charge in [0.15, 0.2) is 17.5 Å². The molecule has 4 nitrogen and oxygen atoms in total. The predicted molar refractivity (Wildman–Crippen MR) is 219 cm³/mol. The molecule has 10 rings (SSSR count). The molecule has 2 aromatic heterocycles. The maximum Gasteiger partial charge on any atom is 0.164 e. The van der Waals surface area contributed by atoms with Crippen LogP contribution in [0.25, 0.3) is 94.7 Å². The summed E-state index contributed by atoms with van der Waals surface area (Å²) in [6, 6.07) is 68.0. The summed E-state index contributed by atoms with van der Waals surface area (Å²) in [4.78, 5) is 15.2. The van der Waals surface area contributed by atoms with E-state index in [2.05, 4.69) is 187 Å². The van der Waals surface area contributed by atoms with Gasteiger partial charge in [-0.15, -0.1) is 0 Å². The van der Waals surface area contributed by atoms with Crippen LogP contribution in [0.1, 0.15) is 0 Å². The van der Waals surface area contributed by atoms with Crippen molar-refractivity contribution in [3.8, 4) is 62.1 Å². The lowest BCUT2D eigenvalue weighted by atomic mass is 10.0. The van der Waals surface area contributed by atoms with E-state index < -0.39 is 0 Å². The molecule has 0 fully saturated rings. The van der Waals surface area contributed by atoms with Gasteiger partial charge >= 0.3 is 0 Å². The third-order valence-electron chi connectivity index (χ3n) is 10.1. The van der Waals surface area contributed by atoms with Crippen molar-refractivity contribution < 1.29 is 0 Å². The Morgan fingerprint density at radius 2 is 0.792 bits per heavy atom. The SMILES string of the molecule is c1ccc(-c2ccc(-c3nc(-c4ccc(-n5c6ccccc6c6c7ccccc7ccc65)cc4)nc(-c4cccc(-c5ccccc5)c4)n3)cc2)cc1. The second-order valence-electron chi connectivity index (χ2n) is 13.3. The zero-order valence-electron chi connectivity index (χ0n) is 28.8. The van der Waals surface area contributed by atoms with Crippen LogP contribution in [0.4, 0.5) is 0 Å². The average Bonchev–Trinajstić information content (AvgIpc) is 3.59. The molecule has 0 spiro atoms. The molecule has 0 saturated heterocycles. The number of fused-ring (bicyclic) bond motifs is 5. The highest BCUT2D eigenvalue weighted by Gasteiger charge is 2.17. The Hall–Kier alpha value is -7.17. The Morgan fingerprint density at radius 3 is 1.49 bits per heavy atom. The van der Waals surface area contributed by atoms with Gasteiger partial charge in [0.05, 0.1) is 11.0 Å². The van der Waals surface area contributed by atoms with E-state index in [9.17, 15) is 0 Å². The lowest BCUT2D eigenvalue weighted by Crippen LogP contribution is -2.01. The normalized spacial score (nSPS) is 11.4. The van der Waals surface area contributed by atoms with Gasteiger partial charge in [0.1, 0.15) is 0 Å². The first-order valence-corrected chi connectivity index (χ1v) is 17.9. The van der Waals surface area contributed by atoms with Crippen LogP contribution in [0.15, 0.2) is 194 Å². The number of hydrogen-bond donors (Lipinski definition) is 0. The lowest BCUT2D eigenvalue weighted by Gasteiger charge is -2.12. The van der Waals surface area contributed by atoms with E-state index in [1.54, 1.807) is 0 Å². The summed E-state index contributed by atoms with van der Waals surface area (Å²) in [7, 11) is 0. The standard InChI is InChI=1S/C49H32N4/c1-3-12-33(13-4-1)35-22-24-37(25-23-35)47-50-48(52-49(51-47)40-18-11-17-39(32-40)34-14-5-2-6-15-34)38-26-29-41(30-27-38)53-44-21-10-9-20-43(44)46-42-19-8-7-16-36(42)28-31-45(46)53/h1-32H. The van der Waals surface area contributed by atoms with Crippen LogP contribution in [0, 0.1) is 0 Å². The Labute approximate surface area is 307 Å². The summed E-state index contributed by atoms with van der Waals surface area (Å²) in [6.45, 7) is 0. The number of aromatic nitrogens is 4. The number of rotatable bonds is 6. The van der Waals surface area contributed by atoms with E-state index >= 15 is 0 Å². The molecule has 0 aliphatic carbocycles. The van der Waals surface area contributed by atoms with E-state index in [4.69, 9.17) is 15.0 Å². The van der Waals surface area contributed by atoms with E-state index in [-0.39, 0.29) is 0 Å². The van der Waals surface area contributed by atoms with Gasteiger partial charge < -0.3 is 4.57 Å². The molecule has 4 heteroatoms. The van der Waals surface area contributed by atoms with Gasteiger partial charge in [-0.05, 0) is 75.5 Å². The van der Waals surface area contributed by atoms with Crippen molar-refractivity contribution in [3.63, 3.8) is 0 Å². The van der Waals surface area contributed by atoms with Gasteiger partial charge in [0.25, 0.3) is 0 Å². The van der Waals surface area contributed by atoms with E-state index in [1.165, 1.54) is 38.1 Å². The fraction of sp³-hybridized carbons (Fsp3) is 0. The molecule has 8 aromatic carbocycles. The highest BCUT2D eigenvalue weighted by Crippen LogP contribution is 2.37. The summed E-state index contributed by atoms with van der Waals surface area (Å²) < 4.78 is 2.36. The quantitative estimate of drug-likeness (QED) is 0.176. The van der Waals surface area contributed by atoms with E-state index in [0.29, 0.717) is 17.5 Å². The zero-order valence-corrected chi connectivity index (χ0v) is 28.8. The number of nitrogens with zero attached hydrogens (tertiary/aromatic N) is 4. The maximum atomic E-state index is 5.10. The van der Waals surface area contributed by atoms with Crippen molar-refractivity contribution in [2.75, 3.05) is 0 Å². The van der Waals surface area contributed by atoms with Crippen LogP contribution in [-0.4, -0.2) is 19.5 Å². The molecular weight excluding hydrogens is 645 g/mol. The molecule has 0 aliphatic heterocycles. The topological polar surface area (TPSA) is 43.6 Å². The molecule has 0 N–H and O–H groups in total. The predicted octanol–water partition coefficient (Wildman–Crippen LogP) is 12.5. The molecule has 0 amide bonds. The fourth-order valence-corrected chi connectivity index (χ4v) is 7.45. The van der Waals surface area contributed by atoms with Crippen molar-refractivity contribution in [1.82, 2.24) is 19.5 Å². The van der Waals surface area contributed by atoms with Crippen LogP contribution in [0.2, 0.25) is 0 Å². The van der Waals surface area contributed by atoms with Crippen molar-refractivity contribution in [2.45, 2.75) is 0 Å². The highest BCUT2D eigenvalue weighted by atomic mass is 15.0. The smallest absolute Gasteiger partial charge is 0.164 e. The summed E-state index contributed by atoms with van der Waals surface area (Å²) in [5, 5.41) is 5.01. The van der Waals surface area contributed by atoms with Crippen LogP contribution in [-0.2, 0) is 0 Å². The molecule has 0 bridgehead atoms. The Bertz CT molecular complexity index is 2910. The van der Waals surface area contributed by atoms with Crippen LogP contribution in [0.5, 0.6) is 0 Å². The van der Waals surface area contributed by atoms with Crippen molar-refractivity contribution in [2.24, 2.45) is 0 Å². The first-order chi connectivity index (χ1) is 26.3. The second kappa shape index (κ2) is 12.9. The van der Waals surface area contributed by atoms with Gasteiger partial charge in [-0.2, -0.15) is 0 Å². The van der Waals surface area contributed by atoms with Gasteiger partial charge in [0, 0.05) is 33.2 Å². The van der Waals surface area contributed by atoms with Crippen LogP contribution >= 0.6 is 0 Å². The van der Waals surface area contributed by atoms with Crippen molar-refractivity contribution in [3.05, 3.63) is 194 Å². The molecule has 0 atom stereocenters. The fourth-order valence-electron chi connectivity index (χ4n) is 7.45. The molecule has 53 heavy (non-hydrogen) atoms.